The molecule has 0 radical (unpaired) electrons. The molecule has 0 aliphatic heterocycles. The second-order valence-electron chi connectivity index (χ2n) is 2.37. The molecule has 0 spiro atoms. The van der Waals surface area contributed by atoms with Gasteiger partial charge in [-0.05, 0) is 20.2 Å². The fraction of sp³-hybridized carbons (Fsp3) is 0.429. The maximum absolute atomic E-state index is 4.89. The van der Waals surface area contributed by atoms with Crippen LogP contribution in [-0.4, -0.2) is 19.0 Å². The van der Waals surface area contributed by atoms with Crippen LogP contribution in [0.4, 0.5) is 0 Å². The Morgan fingerprint density at radius 2 is 2.33 bits per heavy atom. The van der Waals surface area contributed by atoms with E-state index in [1.54, 1.807) is 12.5 Å². The van der Waals surface area contributed by atoms with Crippen molar-refractivity contribution in [3.05, 3.63) is 24.2 Å². The SMILES string of the molecule is CN(C)Cc1ccoc1. The summed E-state index contributed by atoms with van der Waals surface area (Å²) in [5.41, 5.74) is 1.22. The van der Waals surface area contributed by atoms with Gasteiger partial charge in [-0.3, -0.25) is 0 Å². The monoisotopic (exact) mass is 125 g/mol. The van der Waals surface area contributed by atoms with Gasteiger partial charge in [0.05, 0.1) is 12.5 Å². The number of hydrogen-bond donors (Lipinski definition) is 0. The molecule has 1 aromatic heterocycles. The summed E-state index contributed by atoms with van der Waals surface area (Å²) >= 11 is 0. The number of furan rings is 1. The van der Waals surface area contributed by atoms with Crippen LogP contribution in [0.25, 0.3) is 0 Å². The zero-order chi connectivity index (χ0) is 6.69. The third-order valence-electron chi connectivity index (χ3n) is 1.08. The summed E-state index contributed by atoms with van der Waals surface area (Å²) in [4.78, 5) is 2.10. The van der Waals surface area contributed by atoms with Gasteiger partial charge in [0.1, 0.15) is 0 Å². The maximum Gasteiger partial charge on any atom is 0.0947 e. The van der Waals surface area contributed by atoms with Crippen molar-refractivity contribution in [1.82, 2.24) is 4.90 Å². The van der Waals surface area contributed by atoms with Crippen LogP contribution in [0.5, 0.6) is 0 Å². The molecule has 1 rings (SSSR count). The molecule has 0 bridgehead atoms. The zero-order valence-electron chi connectivity index (χ0n) is 5.79. The molecule has 0 amide bonds. The molecule has 0 aliphatic rings. The molecule has 0 N–H and O–H groups in total. The standard InChI is InChI=1S/C7H11NO/c1-8(2)5-7-3-4-9-6-7/h3-4,6H,5H2,1-2H3. The second kappa shape index (κ2) is 2.69. The predicted molar refractivity (Wildman–Crippen MR) is 36.1 cm³/mol. The van der Waals surface area contributed by atoms with Crippen LogP contribution in [-0.2, 0) is 6.54 Å². The first-order chi connectivity index (χ1) is 4.29. The molecule has 0 aromatic carbocycles. The molecule has 0 aliphatic carbocycles. The van der Waals surface area contributed by atoms with Gasteiger partial charge in [-0.15, -0.1) is 0 Å². The lowest BCUT2D eigenvalue weighted by atomic mass is 10.3. The Hall–Kier alpha value is -0.760. The summed E-state index contributed by atoms with van der Waals surface area (Å²) in [6.45, 7) is 0.955. The predicted octanol–water partition coefficient (Wildman–Crippen LogP) is 1.34. The number of hydrogen-bond acceptors (Lipinski definition) is 2. The number of nitrogens with zero attached hydrogens (tertiary/aromatic N) is 1. The third-order valence-corrected chi connectivity index (χ3v) is 1.08. The number of rotatable bonds is 2. The molecule has 50 valence electrons. The summed E-state index contributed by atoms with van der Waals surface area (Å²) in [6, 6.07) is 1.97. The average molecular weight is 125 g/mol. The van der Waals surface area contributed by atoms with Gasteiger partial charge in [0.2, 0.25) is 0 Å². The lowest BCUT2D eigenvalue weighted by Crippen LogP contribution is -2.09. The molecular formula is C7H11NO. The molecule has 2 heteroatoms. The minimum absolute atomic E-state index is 0.955. The lowest BCUT2D eigenvalue weighted by Gasteiger charge is -2.05. The molecule has 0 fully saturated rings. The van der Waals surface area contributed by atoms with Crippen molar-refractivity contribution in [1.29, 1.82) is 0 Å². The molecule has 1 aromatic rings. The van der Waals surface area contributed by atoms with E-state index in [9.17, 15) is 0 Å². The Balaban J connectivity index is 2.48. The van der Waals surface area contributed by atoms with Crippen LogP contribution in [0.15, 0.2) is 23.0 Å². The van der Waals surface area contributed by atoms with Crippen molar-refractivity contribution in [3.63, 3.8) is 0 Å². The fourth-order valence-corrected chi connectivity index (χ4v) is 0.748. The summed E-state index contributed by atoms with van der Waals surface area (Å²) in [6.07, 6.45) is 3.46. The van der Waals surface area contributed by atoms with Gasteiger partial charge < -0.3 is 9.32 Å². The van der Waals surface area contributed by atoms with Crippen LogP contribution in [0, 0.1) is 0 Å². The van der Waals surface area contributed by atoms with Crippen molar-refractivity contribution >= 4 is 0 Å². The van der Waals surface area contributed by atoms with E-state index in [0.717, 1.165) is 6.54 Å². The Labute approximate surface area is 55.1 Å². The summed E-state index contributed by atoms with van der Waals surface area (Å²) in [7, 11) is 4.07. The first-order valence-electron chi connectivity index (χ1n) is 2.95. The van der Waals surface area contributed by atoms with Gasteiger partial charge in [-0.1, -0.05) is 0 Å². The van der Waals surface area contributed by atoms with Crippen molar-refractivity contribution in [2.45, 2.75) is 6.54 Å². The highest BCUT2D eigenvalue weighted by atomic mass is 16.3. The molecule has 9 heavy (non-hydrogen) atoms. The van der Waals surface area contributed by atoms with Gasteiger partial charge in [-0.25, -0.2) is 0 Å². The van der Waals surface area contributed by atoms with Crippen LogP contribution in [0.1, 0.15) is 5.56 Å². The summed E-state index contributed by atoms with van der Waals surface area (Å²) in [5, 5.41) is 0. The smallest absolute Gasteiger partial charge is 0.0947 e. The molecule has 0 unspecified atom stereocenters. The molecule has 2 nitrogen and oxygen atoms in total. The van der Waals surface area contributed by atoms with E-state index in [2.05, 4.69) is 4.90 Å². The molecule has 0 saturated carbocycles. The van der Waals surface area contributed by atoms with Crippen LogP contribution >= 0.6 is 0 Å². The van der Waals surface area contributed by atoms with Crippen molar-refractivity contribution in [3.8, 4) is 0 Å². The van der Waals surface area contributed by atoms with Crippen LogP contribution < -0.4 is 0 Å². The second-order valence-corrected chi connectivity index (χ2v) is 2.37. The topological polar surface area (TPSA) is 16.4 Å². The molecular weight excluding hydrogens is 114 g/mol. The highest BCUT2D eigenvalue weighted by Gasteiger charge is 1.93. The highest BCUT2D eigenvalue weighted by molar-refractivity contribution is 5.04. The zero-order valence-corrected chi connectivity index (χ0v) is 5.79. The van der Waals surface area contributed by atoms with Crippen molar-refractivity contribution in [2.24, 2.45) is 0 Å². The summed E-state index contributed by atoms with van der Waals surface area (Å²) in [5.74, 6) is 0. The molecule has 0 saturated heterocycles. The van der Waals surface area contributed by atoms with E-state index in [4.69, 9.17) is 4.42 Å². The third kappa shape index (κ3) is 1.90. The van der Waals surface area contributed by atoms with Gasteiger partial charge in [0, 0.05) is 12.1 Å². The van der Waals surface area contributed by atoms with E-state index in [0.29, 0.717) is 0 Å². The summed E-state index contributed by atoms with van der Waals surface area (Å²) < 4.78 is 4.89. The Morgan fingerprint density at radius 3 is 2.78 bits per heavy atom. The largest absolute Gasteiger partial charge is 0.472 e. The van der Waals surface area contributed by atoms with Crippen molar-refractivity contribution < 1.29 is 4.42 Å². The average Bonchev–Trinajstić information content (AvgIpc) is 2.15. The molecule has 1 heterocycles. The van der Waals surface area contributed by atoms with E-state index < -0.39 is 0 Å². The van der Waals surface area contributed by atoms with Crippen LogP contribution in [0.3, 0.4) is 0 Å². The fourth-order valence-electron chi connectivity index (χ4n) is 0.748. The minimum atomic E-state index is 0.955. The van der Waals surface area contributed by atoms with Gasteiger partial charge in [0.15, 0.2) is 0 Å². The van der Waals surface area contributed by atoms with Crippen LogP contribution in [0.2, 0.25) is 0 Å². The Kier molecular flexibility index (Phi) is 1.90. The van der Waals surface area contributed by atoms with E-state index in [1.165, 1.54) is 5.56 Å². The van der Waals surface area contributed by atoms with E-state index >= 15 is 0 Å². The normalized spacial score (nSPS) is 10.6. The Bertz CT molecular complexity index is 155. The maximum atomic E-state index is 4.89. The van der Waals surface area contributed by atoms with E-state index in [-0.39, 0.29) is 0 Å². The van der Waals surface area contributed by atoms with Gasteiger partial charge >= 0.3 is 0 Å². The minimum Gasteiger partial charge on any atom is -0.472 e. The Morgan fingerprint density at radius 1 is 1.56 bits per heavy atom. The molecule has 0 atom stereocenters. The van der Waals surface area contributed by atoms with Gasteiger partial charge in [0.25, 0.3) is 0 Å². The van der Waals surface area contributed by atoms with Gasteiger partial charge in [-0.2, -0.15) is 0 Å². The quantitative estimate of drug-likeness (QED) is 0.593. The first-order valence-corrected chi connectivity index (χ1v) is 2.95. The van der Waals surface area contributed by atoms with Crippen molar-refractivity contribution in [2.75, 3.05) is 14.1 Å². The first kappa shape index (κ1) is 6.36. The highest BCUT2D eigenvalue weighted by Crippen LogP contribution is 2.00. The lowest BCUT2D eigenvalue weighted by molar-refractivity contribution is 0.400. The van der Waals surface area contributed by atoms with E-state index in [1.807, 2.05) is 20.2 Å².